The third-order valence-electron chi connectivity index (χ3n) is 1.08. The van der Waals surface area contributed by atoms with E-state index in [1.165, 1.54) is 0 Å². The zero-order valence-corrected chi connectivity index (χ0v) is 7.46. The molecule has 0 heterocycles. The monoisotopic (exact) mass is 152 g/mol. The van der Waals surface area contributed by atoms with Crippen LogP contribution < -0.4 is 0 Å². The Hall–Kier alpha value is 0.467. The van der Waals surface area contributed by atoms with Gasteiger partial charge in [0.05, 0.1) is 0 Å². The summed E-state index contributed by atoms with van der Waals surface area (Å²) in [6.45, 7) is 6.80. The first-order valence-corrected chi connectivity index (χ1v) is 6.58. The highest BCUT2D eigenvalue weighted by Gasteiger charge is 2.21. The summed E-state index contributed by atoms with van der Waals surface area (Å²) in [5, 5.41) is 0. The Balaban J connectivity index is 3.37. The van der Waals surface area contributed by atoms with Gasteiger partial charge in [-0.1, -0.05) is 6.92 Å². The van der Waals surface area contributed by atoms with Gasteiger partial charge in [0, 0.05) is 6.61 Å². The highest BCUT2D eigenvalue weighted by atomic mass is 35.6. The summed E-state index contributed by atoms with van der Waals surface area (Å²) in [5.74, 6) is 0. The zero-order chi connectivity index (χ0) is 6.62. The largest absolute Gasteiger partial charge is 0.403 e. The smallest absolute Gasteiger partial charge is 0.286 e. The summed E-state index contributed by atoms with van der Waals surface area (Å²) < 4.78 is 5.28. The van der Waals surface area contributed by atoms with Crippen molar-refractivity contribution in [2.45, 2.75) is 26.4 Å². The van der Waals surface area contributed by atoms with Crippen LogP contribution in [0.15, 0.2) is 0 Å². The van der Waals surface area contributed by atoms with E-state index in [9.17, 15) is 0 Å². The van der Waals surface area contributed by atoms with Gasteiger partial charge in [-0.05, 0) is 19.5 Å². The molecule has 0 aromatic rings. The summed E-state index contributed by atoms with van der Waals surface area (Å²) in [6.07, 6.45) is 0. The first-order valence-electron chi connectivity index (χ1n) is 2.95. The minimum atomic E-state index is -1.71. The Bertz CT molecular complexity index is 65.4. The van der Waals surface area contributed by atoms with Crippen LogP contribution in [0, 0.1) is 0 Å². The number of hydrogen-bond donors (Lipinski definition) is 0. The molecule has 0 radical (unpaired) electrons. The fraction of sp³-hybridized carbons (Fsp3) is 1.00. The van der Waals surface area contributed by atoms with E-state index in [-0.39, 0.29) is 0 Å². The van der Waals surface area contributed by atoms with Gasteiger partial charge < -0.3 is 4.43 Å². The molecule has 0 bridgehead atoms. The Labute approximate surface area is 56.8 Å². The van der Waals surface area contributed by atoms with Gasteiger partial charge in [-0.3, -0.25) is 0 Å². The molecule has 1 atom stereocenters. The van der Waals surface area contributed by atoms with Gasteiger partial charge in [-0.2, -0.15) is 0 Å². The Kier molecular flexibility index (Phi) is 3.69. The molecule has 50 valence electrons. The van der Waals surface area contributed by atoms with E-state index in [0.717, 1.165) is 12.7 Å². The summed E-state index contributed by atoms with van der Waals surface area (Å²) in [7, 11) is -1.71. The van der Waals surface area contributed by atoms with Crippen LogP contribution in [-0.4, -0.2) is 14.2 Å². The molecule has 0 fully saturated rings. The van der Waals surface area contributed by atoms with Crippen molar-refractivity contribution in [2.24, 2.45) is 0 Å². The van der Waals surface area contributed by atoms with Gasteiger partial charge in [0.15, 0.2) is 0 Å². The van der Waals surface area contributed by atoms with Crippen LogP contribution in [0.2, 0.25) is 12.6 Å². The second kappa shape index (κ2) is 3.48. The highest BCUT2D eigenvalue weighted by molar-refractivity contribution is 7.15. The van der Waals surface area contributed by atoms with Crippen LogP contribution in [0.3, 0.4) is 0 Å². The molecule has 0 aromatic heterocycles. The van der Waals surface area contributed by atoms with Gasteiger partial charge in [-0.25, -0.2) is 0 Å². The van der Waals surface area contributed by atoms with Crippen molar-refractivity contribution in [3.63, 3.8) is 0 Å². The van der Waals surface area contributed by atoms with E-state index in [1.54, 1.807) is 0 Å². The topological polar surface area (TPSA) is 9.23 Å². The molecular formula is C5H13ClOSi. The van der Waals surface area contributed by atoms with E-state index in [1.807, 2.05) is 13.5 Å². The zero-order valence-electron chi connectivity index (χ0n) is 5.70. The molecule has 0 spiro atoms. The van der Waals surface area contributed by atoms with E-state index in [2.05, 4.69) is 6.92 Å². The lowest BCUT2D eigenvalue weighted by atomic mass is 10.9. The summed E-state index contributed by atoms with van der Waals surface area (Å²) in [6, 6.07) is 0.988. The third kappa shape index (κ3) is 3.47. The lowest BCUT2D eigenvalue weighted by Gasteiger charge is -2.15. The minimum absolute atomic E-state index is 0.750. The van der Waals surface area contributed by atoms with E-state index >= 15 is 0 Å². The number of hydrogen-bond acceptors (Lipinski definition) is 1. The number of rotatable bonds is 3. The molecular weight excluding hydrogens is 140 g/mol. The molecule has 0 aliphatic carbocycles. The van der Waals surface area contributed by atoms with Gasteiger partial charge >= 0.3 is 0 Å². The number of halogens is 1. The maximum Gasteiger partial charge on any atom is 0.286 e. The quantitative estimate of drug-likeness (QED) is 0.446. The molecule has 0 aromatic carbocycles. The van der Waals surface area contributed by atoms with E-state index in [4.69, 9.17) is 15.5 Å². The molecule has 0 rings (SSSR count). The van der Waals surface area contributed by atoms with Crippen molar-refractivity contribution in [3.8, 4) is 0 Å². The molecule has 0 saturated carbocycles. The second-order valence-corrected chi connectivity index (χ2v) is 7.49. The van der Waals surface area contributed by atoms with E-state index < -0.39 is 7.63 Å². The van der Waals surface area contributed by atoms with Gasteiger partial charge in [-0.15, -0.1) is 11.1 Å². The Morgan fingerprint density at radius 2 is 2.00 bits per heavy atom. The van der Waals surface area contributed by atoms with Crippen LogP contribution in [0.25, 0.3) is 0 Å². The standard InChI is InChI=1S/C5H13ClOSi/c1-4-7-8(3,6)5-2/h4-5H2,1-3H3. The fourth-order valence-corrected chi connectivity index (χ4v) is 1.54. The maximum atomic E-state index is 5.94. The summed E-state index contributed by atoms with van der Waals surface area (Å²) in [4.78, 5) is 0. The van der Waals surface area contributed by atoms with Crippen molar-refractivity contribution < 1.29 is 4.43 Å². The molecule has 8 heavy (non-hydrogen) atoms. The molecule has 0 aliphatic heterocycles. The molecule has 3 heteroatoms. The Morgan fingerprint density at radius 3 is 2.12 bits per heavy atom. The van der Waals surface area contributed by atoms with Crippen molar-refractivity contribution in [3.05, 3.63) is 0 Å². The Morgan fingerprint density at radius 1 is 1.50 bits per heavy atom. The first kappa shape index (κ1) is 8.47. The molecule has 1 unspecified atom stereocenters. The van der Waals surface area contributed by atoms with Crippen LogP contribution >= 0.6 is 11.1 Å². The maximum absolute atomic E-state index is 5.94. The lowest BCUT2D eigenvalue weighted by molar-refractivity contribution is 0.340. The van der Waals surface area contributed by atoms with Crippen molar-refractivity contribution in [2.75, 3.05) is 6.61 Å². The molecule has 0 N–H and O–H groups in total. The average molecular weight is 153 g/mol. The third-order valence-corrected chi connectivity index (χ3v) is 4.36. The normalized spacial score (nSPS) is 18.0. The molecule has 0 aliphatic rings. The van der Waals surface area contributed by atoms with Gasteiger partial charge in [0.2, 0.25) is 0 Å². The van der Waals surface area contributed by atoms with Crippen molar-refractivity contribution in [1.29, 1.82) is 0 Å². The van der Waals surface area contributed by atoms with Crippen LogP contribution in [-0.2, 0) is 4.43 Å². The van der Waals surface area contributed by atoms with Crippen LogP contribution in [0.1, 0.15) is 13.8 Å². The van der Waals surface area contributed by atoms with E-state index in [0.29, 0.717) is 0 Å². The van der Waals surface area contributed by atoms with Crippen LogP contribution in [0.4, 0.5) is 0 Å². The SMILES string of the molecule is CCO[Si](C)(Cl)CC. The molecule has 1 nitrogen and oxygen atoms in total. The minimum Gasteiger partial charge on any atom is -0.403 e. The lowest BCUT2D eigenvalue weighted by Crippen LogP contribution is -2.25. The average Bonchev–Trinajstić information content (AvgIpc) is 1.67. The summed E-state index contributed by atoms with van der Waals surface area (Å²) >= 11 is 5.94. The predicted molar refractivity (Wildman–Crippen MR) is 39.6 cm³/mol. The highest BCUT2D eigenvalue weighted by Crippen LogP contribution is 2.14. The molecule has 0 saturated heterocycles. The van der Waals surface area contributed by atoms with Crippen molar-refractivity contribution in [1.82, 2.24) is 0 Å². The molecule has 0 amide bonds. The van der Waals surface area contributed by atoms with Crippen molar-refractivity contribution >= 4 is 18.7 Å². The summed E-state index contributed by atoms with van der Waals surface area (Å²) in [5.41, 5.74) is 0. The van der Waals surface area contributed by atoms with Gasteiger partial charge in [0.25, 0.3) is 7.63 Å². The fourth-order valence-electron chi connectivity index (χ4n) is 0.403. The van der Waals surface area contributed by atoms with Gasteiger partial charge in [0.1, 0.15) is 0 Å². The first-order chi connectivity index (χ1) is 3.62. The van der Waals surface area contributed by atoms with Crippen LogP contribution in [0.5, 0.6) is 0 Å². The second-order valence-electron chi connectivity index (χ2n) is 1.89. The predicted octanol–water partition coefficient (Wildman–Crippen LogP) is 2.35.